The maximum Gasteiger partial charge on any atom is 0.252 e. The molecule has 1 fully saturated rings. The van der Waals surface area contributed by atoms with Crippen molar-refractivity contribution in [3.63, 3.8) is 0 Å². The van der Waals surface area contributed by atoms with Crippen LogP contribution in [-0.2, 0) is 9.59 Å². The predicted molar refractivity (Wildman–Crippen MR) is 111 cm³/mol. The van der Waals surface area contributed by atoms with Crippen molar-refractivity contribution in [2.75, 3.05) is 22.1 Å². The number of hydrogen-bond acceptors (Lipinski definition) is 5. The highest BCUT2D eigenvalue weighted by Crippen LogP contribution is 2.27. The Balaban J connectivity index is 1.58. The zero-order chi connectivity index (χ0) is 20.2. The van der Waals surface area contributed by atoms with Crippen LogP contribution in [0.15, 0.2) is 65.2 Å². The average molecular weight is 390 g/mol. The number of carbonyl (C=O) groups excluding carboxylic acids is 2. The minimum Gasteiger partial charge on any atom is -0.370 e. The molecule has 4 rings (SSSR count). The average Bonchev–Trinajstić information content (AvgIpc) is 3.34. The van der Waals surface area contributed by atoms with Gasteiger partial charge in [0.2, 0.25) is 5.91 Å². The highest BCUT2D eigenvalue weighted by molar-refractivity contribution is 5.97. The molecule has 7 heteroatoms. The van der Waals surface area contributed by atoms with Crippen LogP contribution in [0.3, 0.4) is 0 Å². The van der Waals surface area contributed by atoms with E-state index in [1.54, 1.807) is 17.9 Å². The first-order valence-electron chi connectivity index (χ1n) is 9.56. The summed E-state index contributed by atoms with van der Waals surface area (Å²) >= 11 is 0. The van der Waals surface area contributed by atoms with E-state index in [9.17, 15) is 9.59 Å². The Labute approximate surface area is 168 Å². The highest BCUT2D eigenvalue weighted by atomic mass is 16.5. The molecule has 0 radical (unpaired) electrons. The third kappa shape index (κ3) is 4.29. The van der Waals surface area contributed by atoms with Gasteiger partial charge in [-0.05, 0) is 37.1 Å². The normalized spacial score (nSPS) is 14.7. The smallest absolute Gasteiger partial charge is 0.252 e. The molecule has 1 saturated heterocycles. The van der Waals surface area contributed by atoms with Crippen molar-refractivity contribution >= 4 is 29.0 Å². The molecular weight excluding hydrogens is 368 g/mol. The van der Waals surface area contributed by atoms with Crippen molar-refractivity contribution in [2.24, 2.45) is 0 Å². The molecule has 1 aliphatic rings. The van der Waals surface area contributed by atoms with Crippen LogP contribution in [0.5, 0.6) is 0 Å². The lowest BCUT2D eigenvalue weighted by atomic mass is 10.1. The molecule has 0 saturated carbocycles. The van der Waals surface area contributed by atoms with Crippen LogP contribution in [0, 0.1) is 6.92 Å². The first-order chi connectivity index (χ1) is 14.1. The van der Waals surface area contributed by atoms with E-state index >= 15 is 0 Å². The molecule has 2 N–H and O–H groups in total. The van der Waals surface area contributed by atoms with E-state index in [4.69, 9.17) is 4.52 Å². The Bertz CT molecular complexity index is 1020. The summed E-state index contributed by atoms with van der Waals surface area (Å²) in [7, 11) is 0. The highest BCUT2D eigenvalue weighted by Gasteiger charge is 2.24. The van der Waals surface area contributed by atoms with Gasteiger partial charge in [-0.2, -0.15) is 0 Å². The number of aryl methyl sites for hydroxylation is 1. The summed E-state index contributed by atoms with van der Waals surface area (Å²) in [4.78, 5) is 26.8. The van der Waals surface area contributed by atoms with Crippen molar-refractivity contribution in [1.82, 2.24) is 5.16 Å². The van der Waals surface area contributed by atoms with Gasteiger partial charge in [-0.3, -0.25) is 9.59 Å². The van der Waals surface area contributed by atoms with Crippen LogP contribution in [-0.4, -0.2) is 23.5 Å². The summed E-state index contributed by atoms with van der Waals surface area (Å²) in [6, 6.07) is 18.0. The van der Waals surface area contributed by atoms with Crippen LogP contribution >= 0.6 is 0 Å². The van der Waals surface area contributed by atoms with Crippen LogP contribution in [0.1, 0.15) is 30.2 Å². The molecule has 29 heavy (non-hydrogen) atoms. The largest absolute Gasteiger partial charge is 0.370 e. The molecule has 1 aromatic heterocycles. The third-order valence-electron chi connectivity index (χ3n) is 4.82. The fourth-order valence-corrected chi connectivity index (χ4v) is 3.42. The molecule has 148 valence electrons. The second kappa shape index (κ2) is 8.18. The van der Waals surface area contributed by atoms with E-state index < -0.39 is 6.04 Å². The van der Waals surface area contributed by atoms with Gasteiger partial charge in [0.05, 0.1) is 0 Å². The number of rotatable bonds is 6. The van der Waals surface area contributed by atoms with Gasteiger partial charge in [0.1, 0.15) is 11.8 Å². The lowest BCUT2D eigenvalue weighted by molar-refractivity contribution is -0.117. The zero-order valence-corrected chi connectivity index (χ0v) is 16.1. The van der Waals surface area contributed by atoms with Gasteiger partial charge < -0.3 is 20.1 Å². The van der Waals surface area contributed by atoms with Crippen molar-refractivity contribution < 1.29 is 14.1 Å². The maximum absolute atomic E-state index is 13.0. The van der Waals surface area contributed by atoms with Gasteiger partial charge in [-0.25, -0.2) is 0 Å². The summed E-state index contributed by atoms with van der Waals surface area (Å²) in [5.74, 6) is 0.854. The fourth-order valence-electron chi connectivity index (χ4n) is 3.42. The fraction of sp³-hybridized carbons (Fsp3) is 0.227. The van der Waals surface area contributed by atoms with E-state index in [1.807, 2.05) is 54.6 Å². The molecule has 3 aromatic rings. The Hall–Kier alpha value is -3.61. The molecule has 0 bridgehead atoms. The second-order valence-corrected chi connectivity index (χ2v) is 7.00. The standard InChI is InChI=1S/C22H22N4O3/c1-15-13-19(25-29-15)24-22(28)21(16-7-3-2-4-8-16)23-17-9-5-10-18(14-17)26-12-6-11-20(26)27/h2-5,7-10,13-14,21,23H,6,11-12H2,1H3,(H,24,25,28)/t21-/m1/s1. The Morgan fingerprint density at radius 3 is 2.66 bits per heavy atom. The topological polar surface area (TPSA) is 87.5 Å². The van der Waals surface area contributed by atoms with Crippen LogP contribution < -0.4 is 15.5 Å². The molecule has 7 nitrogen and oxygen atoms in total. The van der Waals surface area contributed by atoms with Gasteiger partial charge in [0.15, 0.2) is 5.82 Å². The van der Waals surface area contributed by atoms with Crippen LogP contribution in [0.25, 0.3) is 0 Å². The number of anilines is 3. The number of hydrogen-bond donors (Lipinski definition) is 2. The van der Waals surface area contributed by atoms with Crippen molar-refractivity contribution in [3.05, 3.63) is 72.0 Å². The molecule has 0 unspecified atom stereocenters. The van der Waals surface area contributed by atoms with Gasteiger partial charge in [-0.15, -0.1) is 0 Å². The summed E-state index contributed by atoms with van der Waals surface area (Å²) in [6.07, 6.45) is 1.44. The van der Waals surface area contributed by atoms with E-state index in [0.29, 0.717) is 18.0 Å². The summed E-state index contributed by atoms with van der Waals surface area (Å²) in [6.45, 7) is 2.48. The zero-order valence-electron chi connectivity index (χ0n) is 16.1. The summed E-state index contributed by atoms with van der Waals surface area (Å²) in [5.41, 5.74) is 2.40. The molecule has 2 heterocycles. The summed E-state index contributed by atoms with van der Waals surface area (Å²) in [5, 5.41) is 9.91. The first kappa shape index (κ1) is 18.7. The molecule has 1 atom stereocenters. The van der Waals surface area contributed by atoms with Gasteiger partial charge in [0.25, 0.3) is 5.91 Å². The number of carbonyl (C=O) groups is 2. The Kier molecular flexibility index (Phi) is 5.29. The number of benzene rings is 2. The molecule has 2 amide bonds. The van der Waals surface area contributed by atoms with Gasteiger partial charge >= 0.3 is 0 Å². The molecule has 0 aliphatic carbocycles. The lowest BCUT2D eigenvalue weighted by Gasteiger charge is -2.21. The predicted octanol–water partition coefficient (Wildman–Crippen LogP) is 3.90. The molecule has 0 spiro atoms. The maximum atomic E-state index is 13.0. The quantitative estimate of drug-likeness (QED) is 0.666. The Morgan fingerprint density at radius 1 is 1.14 bits per heavy atom. The minimum atomic E-state index is -0.641. The number of aromatic nitrogens is 1. The second-order valence-electron chi connectivity index (χ2n) is 7.00. The molecule has 1 aliphatic heterocycles. The third-order valence-corrected chi connectivity index (χ3v) is 4.82. The van der Waals surface area contributed by atoms with Crippen molar-refractivity contribution in [2.45, 2.75) is 25.8 Å². The molecule has 2 aromatic carbocycles. The number of amides is 2. The number of nitrogens with zero attached hydrogens (tertiary/aromatic N) is 2. The first-order valence-corrected chi connectivity index (χ1v) is 9.56. The van der Waals surface area contributed by atoms with E-state index in [1.165, 1.54) is 0 Å². The number of nitrogens with one attached hydrogen (secondary N) is 2. The van der Waals surface area contributed by atoms with Crippen LogP contribution in [0.4, 0.5) is 17.2 Å². The minimum absolute atomic E-state index is 0.126. The molecular formula is C22H22N4O3. The monoisotopic (exact) mass is 390 g/mol. The van der Waals surface area contributed by atoms with Gasteiger partial charge in [-0.1, -0.05) is 41.6 Å². The Morgan fingerprint density at radius 2 is 1.97 bits per heavy atom. The van der Waals surface area contributed by atoms with Crippen molar-refractivity contribution in [3.8, 4) is 0 Å². The summed E-state index contributed by atoms with van der Waals surface area (Å²) < 4.78 is 5.03. The van der Waals surface area contributed by atoms with Crippen LogP contribution in [0.2, 0.25) is 0 Å². The van der Waals surface area contributed by atoms with Crippen molar-refractivity contribution in [1.29, 1.82) is 0 Å². The lowest BCUT2D eigenvalue weighted by Crippen LogP contribution is -2.28. The van der Waals surface area contributed by atoms with E-state index in [-0.39, 0.29) is 11.8 Å². The van der Waals surface area contributed by atoms with E-state index in [2.05, 4.69) is 15.8 Å². The van der Waals surface area contributed by atoms with Gasteiger partial charge in [0, 0.05) is 30.4 Å². The van der Waals surface area contributed by atoms with E-state index in [0.717, 1.165) is 29.9 Å². The SMILES string of the molecule is Cc1cc(NC(=O)[C@H](Nc2cccc(N3CCCC3=O)c2)c2ccccc2)no1.